The second-order valence-corrected chi connectivity index (χ2v) is 4.76. The molecule has 0 spiro atoms. The van der Waals surface area contributed by atoms with Crippen LogP contribution in [-0.2, 0) is 19.1 Å². The zero-order chi connectivity index (χ0) is 13.7. The molecule has 0 radical (unpaired) electrons. The van der Waals surface area contributed by atoms with Crippen LogP contribution < -0.4 is 0 Å². The van der Waals surface area contributed by atoms with E-state index in [0.717, 1.165) is 0 Å². The third-order valence-corrected chi connectivity index (χ3v) is 1.83. The standard InChI is InChI=1S/C13H16O4/c1-7-10(14)16-12(3,4)9-13(5,6)17-11(15)8-2/h1-2H,9H2,3-6H3. The summed E-state index contributed by atoms with van der Waals surface area (Å²) < 4.78 is 10.0. The van der Waals surface area contributed by atoms with Gasteiger partial charge in [-0.15, -0.1) is 12.8 Å². The average molecular weight is 236 g/mol. The summed E-state index contributed by atoms with van der Waals surface area (Å²) in [6, 6.07) is 0. The lowest BCUT2D eigenvalue weighted by Crippen LogP contribution is -2.39. The highest BCUT2D eigenvalue weighted by Gasteiger charge is 2.34. The minimum absolute atomic E-state index is 0.279. The number of esters is 2. The van der Waals surface area contributed by atoms with E-state index in [1.54, 1.807) is 27.7 Å². The Kier molecular flexibility index (Phi) is 4.79. The van der Waals surface area contributed by atoms with Crippen LogP contribution in [0, 0.1) is 24.7 Å². The second kappa shape index (κ2) is 5.41. The first kappa shape index (κ1) is 15.1. The highest BCUT2D eigenvalue weighted by atomic mass is 16.6. The number of terminal acetylenes is 2. The Hall–Kier alpha value is -1.94. The number of carbonyl (C=O) groups excluding carboxylic acids is 2. The van der Waals surface area contributed by atoms with Crippen LogP contribution in [0.4, 0.5) is 0 Å². The molecule has 92 valence electrons. The van der Waals surface area contributed by atoms with Gasteiger partial charge in [-0.1, -0.05) is 0 Å². The fourth-order valence-corrected chi connectivity index (χ4v) is 1.66. The van der Waals surface area contributed by atoms with Gasteiger partial charge < -0.3 is 9.47 Å². The molecule has 17 heavy (non-hydrogen) atoms. The van der Waals surface area contributed by atoms with Crippen molar-refractivity contribution < 1.29 is 19.1 Å². The summed E-state index contributed by atoms with van der Waals surface area (Å²) in [7, 11) is 0. The van der Waals surface area contributed by atoms with Crippen molar-refractivity contribution in [3.05, 3.63) is 0 Å². The normalized spacial score (nSPS) is 10.9. The predicted molar refractivity (Wildman–Crippen MR) is 62.6 cm³/mol. The van der Waals surface area contributed by atoms with Crippen LogP contribution in [0.25, 0.3) is 0 Å². The summed E-state index contributed by atoms with van der Waals surface area (Å²) in [6.07, 6.45) is 10.1. The Bertz CT molecular complexity index is 353. The molecule has 0 saturated carbocycles. The monoisotopic (exact) mass is 236 g/mol. The van der Waals surface area contributed by atoms with Gasteiger partial charge in [-0.2, -0.15) is 0 Å². The number of carbonyl (C=O) groups is 2. The maximum Gasteiger partial charge on any atom is 0.384 e. The first-order valence-electron chi connectivity index (χ1n) is 5.01. The Morgan fingerprint density at radius 3 is 1.47 bits per heavy atom. The topological polar surface area (TPSA) is 52.6 Å². The van der Waals surface area contributed by atoms with Gasteiger partial charge >= 0.3 is 11.9 Å². The molecule has 0 aromatic rings. The maximum atomic E-state index is 11.0. The zero-order valence-electron chi connectivity index (χ0n) is 10.5. The summed E-state index contributed by atoms with van der Waals surface area (Å²) in [4.78, 5) is 22.0. The summed E-state index contributed by atoms with van der Waals surface area (Å²) >= 11 is 0. The summed E-state index contributed by atoms with van der Waals surface area (Å²) in [6.45, 7) is 6.70. The lowest BCUT2D eigenvalue weighted by Gasteiger charge is -2.33. The van der Waals surface area contributed by atoms with Gasteiger partial charge in [0, 0.05) is 18.3 Å². The van der Waals surface area contributed by atoms with Crippen LogP contribution in [0.3, 0.4) is 0 Å². The van der Waals surface area contributed by atoms with Crippen molar-refractivity contribution in [2.75, 3.05) is 0 Å². The van der Waals surface area contributed by atoms with E-state index in [4.69, 9.17) is 22.3 Å². The molecular formula is C13H16O4. The van der Waals surface area contributed by atoms with Crippen molar-refractivity contribution in [3.8, 4) is 24.7 Å². The van der Waals surface area contributed by atoms with Gasteiger partial charge in [0.05, 0.1) is 0 Å². The predicted octanol–water partition coefficient (Wildman–Crippen LogP) is 1.29. The summed E-state index contributed by atoms with van der Waals surface area (Å²) in [5, 5.41) is 0. The van der Waals surface area contributed by atoms with Gasteiger partial charge in [-0.3, -0.25) is 0 Å². The lowest BCUT2D eigenvalue weighted by molar-refractivity contribution is -0.162. The van der Waals surface area contributed by atoms with Crippen LogP contribution in [-0.4, -0.2) is 23.1 Å². The smallest absolute Gasteiger partial charge is 0.384 e. The molecule has 0 aliphatic heterocycles. The molecule has 0 aromatic heterocycles. The number of hydrogen-bond acceptors (Lipinski definition) is 4. The Morgan fingerprint density at radius 1 is 0.941 bits per heavy atom. The van der Waals surface area contributed by atoms with Crippen molar-refractivity contribution in [1.29, 1.82) is 0 Å². The van der Waals surface area contributed by atoms with E-state index in [-0.39, 0.29) is 6.42 Å². The van der Waals surface area contributed by atoms with Gasteiger partial charge in [-0.25, -0.2) is 9.59 Å². The quantitative estimate of drug-likeness (QED) is 0.419. The lowest BCUT2D eigenvalue weighted by atomic mass is 9.92. The van der Waals surface area contributed by atoms with Crippen molar-refractivity contribution in [3.63, 3.8) is 0 Å². The van der Waals surface area contributed by atoms with Crippen LogP contribution >= 0.6 is 0 Å². The van der Waals surface area contributed by atoms with E-state index in [9.17, 15) is 9.59 Å². The molecule has 0 unspecified atom stereocenters. The number of rotatable bonds is 4. The van der Waals surface area contributed by atoms with E-state index in [1.165, 1.54) is 0 Å². The Balaban J connectivity index is 4.60. The molecule has 0 fully saturated rings. The molecule has 0 rings (SSSR count). The molecule has 0 saturated heterocycles. The molecule has 0 aliphatic carbocycles. The minimum atomic E-state index is -0.845. The first-order valence-corrected chi connectivity index (χ1v) is 5.01. The molecule has 4 nitrogen and oxygen atoms in total. The molecule has 0 heterocycles. The first-order chi connectivity index (χ1) is 7.62. The van der Waals surface area contributed by atoms with Crippen LogP contribution in [0.15, 0.2) is 0 Å². The van der Waals surface area contributed by atoms with E-state index >= 15 is 0 Å². The Morgan fingerprint density at radius 2 is 1.24 bits per heavy atom. The SMILES string of the molecule is C#CC(=O)OC(C)(C)CC(C)(C)OC(=O)C#C. The molecule has 0 bridgehead atoms. The fraction of sp³-hybridized carbons (Fsp3) is 0.538. The second-order valence-electron chi connectivity index (χ2n) is 4.76. The van der Waals surface area contributed by atoms with Crippen molar-refractivity contribution in [1.82, 2.24) is 0 Å². The van der Waals surface area contributed by atoms with Gasteiger partial charge in [0.15, 0.2) is 0 Å². The third-order valence-electron chi connectivity index (χ3n) is 1.83. The van der Waals surface area contributed by atoms with E-state index in [0.29, 0.717) is 0 Å². The highest BCUT2D eigenvalue weighted by Crippen LogP contribution is 2.26. The molecule has 0 aromatic carbocycles. The Labute approximate surface area is 102 Å². The van der Waals surface area contributed by atoms with Crippen LogP contribution in [0.2, 0.25) is 0 Å². The molecule has 0 N–H and O–H groups in total. The fourth-order valence-electron chi connectivity index (χ4n) is 1.66. The molecular weight excluding hydrogens is 220 g/mol. The molecule has 0 atom stereocenters. The van der Waals surface area contributed by atoms with Gasteiger partial charge in [0.1, 0.15) is 11.2 Å². The number of ether oxygens (including phenoxy) is 2. The van der Waals surface area contributed by atoms with Crippen LogP contribution in [0.1, 0.15) is 34.1 Å². The average Bonchev–Trinajstić information content (AvgIpc) is 2.13. The zero-order valence-corrected chi connectivity index (χ0v) is 10.5. The molecule has 0 amide bonds. The molecule has 0 aliphatic rings. The third kappa shape index (κ3) is 6.27. The van der Waals surface area contributed by atoms with Crippen molar-refractivity contribution >= 4 is 11.9 Å². The minimum Gasteiger partial charge on any atom is -0.450 e. The van der Waals surface area contributed by atoms with E-state index < -0.39 is 23.1 Å². The van der Waals surface area contributed by atoms with Crippen molar-refractivity contribution in [2.45, 2.75) is 45.3 Å². The summed E-state index contributed by atoms with van der Waals surface area (Å²) in [5.74, 6) is 2.20. The highest BCUT2D eigenvalue weighted by molar-refractivity contribution is 5.88. The van der Waals surface area contributed by atoms with Gasteiger partial charge in [0.2, 0.25) is 0 Å². The van der Waals surface area contributed by atoms with Gasteiger partial charge in [0.25, 0.3) is 0 Å². The maximum absolute atomic E-state index is 11.0. The van der Waals surface area contributed by atoms with E-state index in [2.05, 4.69) is 0 Å². The number of hydrogen-bond donors (Lipinski definition) is 0. The summed E-state index contributed by atoms with van der Waals surface area (Å²) in [5.41, 5.74) is -1.69. The molecule has 4 heteroatoms. The van der Waals surface area contributed by atoms with Crippen LogP contribution in [0.5, 0.6) is 0 Å². The van der Waals surface area contributed by atoms with Gasteiger partial charge in [-0.05, 0) is 27.7 Å². The van der Waals surface area contributed by atoms with Crippen molar-refractivity contribution in [2.24, 2.45) is 0 Å². The largest absolute Gasteiger partial charge is 0.450 e. The van der Waals surface area contributed by atoms with E-state index in [1.807, 2.05) is 11.8 Å².